The molecule has 0 unspecified atom stereocenters. The van der Waals surface area contributed by atoms with Crippen molar-refractivity contribution in [2.45, 2.75) is 12.0 Å². The molecule has 2 aromatic rings. The van der Waals surface area contributed by atoms with Gasteiger partial charge < -0.3 is 10.8 Å². The lowest BCUT2D eigenvalue weighted by Crippen LogP contribution is -2.37. The molecular weight excluding hydrogens is 264 g/mol. The molecule has 2 aromatic carbocycles. The lowest BCUT2D eigenvalue weighted by molar-refractivity contribution is -0.138. The first-order chi connectivity index (χ1) is 9.49. The average Bonchev–Trinajstić information content (AvgIpc) is 2.41. The first kappa shape index (κ1) is 14.1. The van der Waals surface area contributed by atoms with E-state index < -0.39 is 29.6 Å². The molecule has 0 bridgehead atoms. The molecule has 0 spiro atoms. The van der Waals surface area contributed by atoms with Crippen LogP contribution in [0.5, 0.6) is 0 Å². The van der Waals surface area contributed by atoms with Gasteiger partial charge in [-0.1, -0.05) is 24.3 Å². The van der Waals surface area contributed by atoms with E-state index in [0.29, 0.717) is 11.1 Å². The molecule has 2 atom stereocenters. The number of carbonyl (C=O) groups is 1. The van der Waals surface area contributed by atoms with Crippen LogP contribution in [0.1, 0.15) is 17.0 Å². The highest BCUT2D eigenvalue weighted by molar-refractivity contribution is 5.75. The minimum Gasteiger partial charge on any atom is -0.480 e. The quantitative estimate of drug-likeness (QED) is 0.902. The zero-order chi connectivity index (χ0) is 14.7. The van der Waals surface area contributed by atoms with E-state index in [-0.39, 0.29) is 0 Å². The molecule has 0 radical (unpaired) electrons. The van der Waals surface area contributed by atoms with Gasteiger partial charge in [-0.25, -0.2) is 8.78 Å². The van der Waals surface area contributed by atoms with Gasteiger partial charge in [0.1, 0.15) is 17.7 Å². The highest BCUT2D eigenvalue weighted by atomic mass is 19.1. The van der Waals surface area contributed by atoms with Crippen LogP contribution in [0.25, 0.3) is 0 Å². The van der Waals surface area contributed by atoms with Gasteiger partial charge >= 0.3 is 5.97 Å². The number of hydrogen-bond donors (Lipinski definition) is 2. The summed E-state index contributed by atoms with van der Waals surface area (Å²) >= 11 is 0. The van der Waals surface area contributed by atoms with Crippen LogP contribution in [0.3, 0.4) is 0 Å². The summed E-state index contributed by atoms with van der Waals surface area (Å²) in [6.07, 6.45) is 0. The molecule has 0 aromatic heterocycles. The van der Waals surface area contributed by atoms with Gasteiger partial charge in [-0.05, 0) is 35.4 Å². The van der Waals surface area contributed by atoms with Crippen molar-refractivity contribution in [3.63, 3.8) is 0 Å². The fraction of sp³-hybridized carbons (Fsp3) is 0.133. The predicted octanol–water partition coefficient (Wildman–Crippen LogP) is 2.51. The Morgan fingerprint density at radius 1 is 1.00 bits per heavy atom. The van der Waals surface area contributed by atoms with Crippen molar-refractivity contribution in [2.24, 2.45) is 5.73 Å². The van der Waals surface area contributed by atoms with Crippen LogP contribution < -0.4 is 5.73 Å². The zero-order valence-electron chi connectivity index (χ0n) is 10.5. The van der Waals surface area contributed by atoms with Gasteiger partial charge in [-0.3, -0.25) is 4.79 Å². The minimum atomic E-state index is -1.25. The Kier molecular flexibility index (Phi) is 4.10. The molecule has 0 aliphatic rings. The molecule has 2 rings (SSSR count). The summed E-state index contributed by atoms with van der Waals surface area (Å²) in [5.41, 5.74) is 6.65. The number of benzene rings is 2. The van der Waals surface area contributed by atoms with Gasteiger partial charge in [-0.15, -0.1) is 0 Å². The molecule has 0 fully saturated rings. The van der Waals surface area contributed by atoms with E-state index in [1.807, 2.05) is 0 Å². The molecule has 3 nitrogen and oxygen atoms in total. The Morgan fingerprint density at radius 3 is 2.20 bits per heavy atom. The van der Waals surface area contributed by atoms with Gasteiger partial charge in [0.15, 0.2) is 0 Å². The van der Waals surface area contributed by atoms with Gasteiger partial charge in [0, 0.05) is 5.92 Å². The van der Waals surface area contributed by atoms with Crippen molar-refractivity contribution in [1.82, 2.24) is 0 Å². The van der Waals surface area contributed by atoms with Crippen LogP contribution in [0.2, 0.25) is 0 Å². The van der Waals surface area contributed by atoms with Crippen LogP contribution in [0, 0.1) is 11.6 Å². The number of nitrogens with two attached hydrogens (primary N) is 1. The third kappa shape index (κ3) is 3.00. The monoisotopic (exact) mass is 277 g/mol. The highest BCUT2D eigenvalue weighted by Gasteiger charge is 2.27. The maximum absolute atomic E-state index is 13.3. The van der Waals surface area contributed by atoms with Crippen LogP contribution in [0.15, 0.2) is 48.5 Å². The zero-order valence-corrected chi connectivity index (χ0v) is 10.5. The summed E-state index contributed by atoms with van der Waals surface area (Å²) in [5, 5.41) is 9.11. The largest absolute Gasteiger partial charge is 0.480 e. The number of halogens is 2. The molecule has 104 valence electrons. The Morgan fingerprint density at radius 2 is 1.65 bits per heavy atom. The van der Waals surface area contributed by atoms with Gasteiger partial charge in [0.2, 0.25) is 0 Å². The van der Waals surface area contributed by atoms with Crippen LogP contribution in [0.4, 0.5) is 8.78 Å². The summed E-state index contributed by atoms with van der Waals surface area (Å²) in [5.74, 6) is -2.87. The van der Waals surface area contributed by atoms with Gasteiger partial charge in [0.05, 0.1) is 0 Å². The van der Waals surface area contributed by atoms with E-state index in [4.69, 9.17) is 10.8 Å². The molecule has 0 amide bonds. The predicted molar refractivity (Wildman–Crippen MR) is 70.3 cm³/mol. The molecule has 0 aliphatic heterocycles. The molecular formula is C15H13F2NO2. The second-order valence-electron chi connectivity index (χ2n) is 4.45. The maximum Gasteiger partial charge on any atom is 0.321 e. The highest BCUT2D eigenvalue weighted by Crippen LogP contribution is 2.28. The second-order valence-corrected chi connectivity index (χ2v) is 4.45. The summed E-state index contributed by atoms with van der Waals surface area (Å²) in [4.78, 5) is 11.1. The number of aliphatic carboxylic acids is 1. The minimum absolute atomic E-state index is 0.435. The summed E-state index contributed by atoms with van der Waals surface area (Å²) < 4.78 is 26.3. The van der Waals surface area contributed by atoms with Crippen molar-refractivity contribution in [1.29, 1.82) is 0 Å². The second kappa shape index (κ2) is 5.79. The molecule has 0 saturated heterocycles. The molecule has 0 aliphatic carbocycles. The smallest absolute Gasteiger partial charge is 0.321 e. The lowest BCUT2D eigenvalue weighted by atomic mass is 9.85. The summed E-state index contributed by atoms with van der Waals surface area (Å²) in [6.45, 7) is 0. The Balaban J connectivity index is 2.49. The third-order valence-corrected chi connectivity index (χ3v) is 3.08. The number of rotatable bonds is 4. The topological polar surface area (TPSA) is 63.3 Å². The van der Waals surface area contributed by atoms with Crippen molar-refractivity contribution in [3.8, 4) is 0 Å². The van der Waals surface area contributed by atoms with E-state index >= 15 is 0 Å². The summed E-state index contributed by atoms with van der Waals surface area (Å²) in [7, 11) is 0. The number of hydrogen-bond acceptors (Lipinski definition) is 2. The molecule has 3 N–H and O–H groups in total. The fourth-order valence-corrected chi connectivity index (χ4v) is 2.12. The van der Waals surface area contributed by atoms with Crippen LogP contribution >= 0.6 is 0 Å². The lowest BCUT2D eigenvalue weighted by Gasteiger charge is -2.22. The van der Waals surface area contributed by atoms with Gasteiger partial charge in [0.25, 0.3) is 0 Å². The van der Waals surface area contributed by atoms with E-state index in [1.54, 1.807) is 6.07 Å². The van der Waals surface area contributed by atoms with Crippen molar-refractivity contribution < 1.29 is 18.7 Å². The number of carboxylic acids is 1. The Labute approximate surface area is 114 Å². The van der Waals surface area contributed by atoms with E-state index in [2.05, 4.69) is 0 Å². The first-order valence-corrected chi connectivity index (χ1v) is 5.98. The molecule has 0 heterocycles. The van der Waals surface area contributed by atoms with Crippen LogP contribution in [-0.4, -0.2) is 17.1 Å². The van der Waals surface area contributed by atoms with Gasteiger partial charge in [-0.2, -0.15) is 0 Å². The SMILES string of the molecule is N[C@H](C(=O)O)[C@H](c1ccc(F)cc1)c1cccc(F)c1. The van der Waals surface area contributed by atoms with E-state index in [9.17, 15) is 13.6 Å². The molecule has 5 heteroatoms. The van der Waals surface area contributed by atoms with Crippen molar-refractivity contribution in [3.05, 3.63) is 71.3 Å². The van der Waals surface area contributed by atoms with Crippen LogP contribution in [-0.2, 0) is 4.79 Å². The standard InChI is InChI=1S/C15H13F2NO2/c16-11-6-4-9(5-7-11)13(14(18)15(19)20)10-2-1-3-12(17)8-10/h1-8,13-14H,18H2,(H,19,20)/t13-,14+/m1/s1. The van der Waals surface area contributed by atoms with Crippen molar-refractivity contribution in [2.75, 3.05) is 0 Å². The van der Waals surface area contributed by atoms with Crippen molar-refractivity contribution >= 4 is 5.97 Å². The third-order valence-electron chi connectivity index (χ3n) is 3.08. The normalized spacial score (nSPS) is 13.8. The Hall–Kier alpha value is -2.27. The fourth-order valence-electron chi connectivity index (χ4n) is 2.12. The average molecular weight is 277 g/mol. The summed E-state index contributed by atoms with van der Waals surface area (Å²) in [6, 6.07) is 9.67. The molecule has 0 saturated carbocycles. The molecule has 20 heavy (non-hydrogen) atoms. The Bertz CT molecular complexity index is 614. The van der Waals surface area contributed by atoms with E-state index in [0.717, 1.165) is 0 Å². The number of carboxylic acid groups (broad SMARTS) is 1. The first-order valence-electron chi connectivity index (χ1n) is 5.98. The van der Waals surface area contributed by atoms with E-state index in [1.165, 1.54) is 42.5 Å². The maximum atomic E-state index is 13.3.